The number of benzene rings is 4. The summed E-state index contributed by atoms with van der Waals surface area (Å²) in [6.07, 6.45) is 2.49. The lowest BCUT2D eigenvalue weighted by atomic mass is 9.93. The van der Waals surface area contributed by atoms with Crippen LogP contribution in [-0.4, -0.2) is 28.6 Å². The van der Waals surface area contributed by atoms with Crippen molar-refractivity contribution < 1.29 is 9.90 Å². The SMILES string of the molecule is O=C(NC(CO)Cc1c[nH]c2ccccc12)c1cccc(-c2ccccc2-c2ccccc2)c1. The molecule has 1 amide bonds. The van der Waals surface area contributed by atoms with E-state index in [1.165, 1.54) is 0 Å². The van der Waals surface area contributed by atoms with Crippen LogP contribution in [0, 0.1) is 0 Å². The van der Waals surface area contributed by atoms with Gasteiger partial charge in [0, 0.05) is 22.7 Å². The van der Waals surface area contributed by atoms with E-state index in [1.807, 2.05) is 85.1 Å². The van der Waals surface area contributed by atoms with Gasteiger partial charge in [0.15, 0.2) is 0 Å². The number of aromatic nitrogens is 1. The fourth-order valence-electron chi connectivity index (χ4n) is 4.43. The molecule has 0 fully saturated rings. The van der Waals surface area contributed by atoms with Crippen LogP contribution < -0.4 is 5.32 Å². The lowest BCUT2D eigenvalue weighted by Gasteiger charge is -2.17. The first-order chi connectivity index (χ1) is 16.7. The van der Waals surface area contributed by atoms with E-state index in [1.54, 1.807) is 0 Å². The van der Waals surface area contributed by atoms with Gasteiger partial charge in [-0.3, -0.25) is 4.79 Å². The predicted molar refractivity (Wildman–Crippen MR) is 138 cm³/mol. The highest BCUT2D eigenvalue weighted by Gasteiger charge is 2.17. The molecule has 1 atom stereocenters. The van der Waals surface area contributed by atoms with E-state index in [4.69, 9.17) is 0 Å². The summed E-state index contributed by atoms with van der Waals surface area (Å²) in [5, 5.41) is 14.1. The lowest BCUT2D eigenvalue weighted by Crippen LogP contribution is -2.39. The Morgan fingerprint density at radius 1 is 0.794 bits per heavy atom. The van der Waals surface area contributed by atoms with Crippen LogP contribution in [0.5, 0.6) is 0 Å². The number of aliphatic hydroxyl groups excluding tert-OH is 1. The fraction of sp³-hybridized carbons (Fsp3) is 0.100. The average molecular weight is 447 g/mol. The van der Waals surface area contributed by atoms with Gasteiger partial charge in [-0.2, -0.15) is 0 Å². The highest BCUT2D eigenvalue weighted by atomic mass is 16.3. The number of aliphatic hydroxyl groups is 1. The van der Waals surface area contributed by atoms with Crippen molar-refractivity contribution in [1.82, 2.24) is 10.3 Å². The molecule has 0 radical (unpaired) electrons. The maximum atomic E-state index is 13.1. The second kappa shape index (κ2) is 9.77. The number of hydrogen-bond donors (Lipinski definition) is 3. The highest BCUT2D eigenvalue weighted by Crippen LogP contribution is 2.32. The molecule has 34 heavy (non-hydrogen) atoms. The van der Waals surface area contributed by atoms with Crippen molar-refractivity contribution in [2.75, 3.05) is 6.61 Å². The zero-order valence-corrected chi connectivity index (χ0v) is 18.7. The van der Waals surface area contributed by atoms with E-state index in [2.05, 4.69) is 34.6 Å². The number of carbonyl (C=O) groups is 1. The van der Waals surface area contributed by atoms with Gasteiger partial charge in [-0.05, 0) is 52.4 Å². The zero-order valence-electron chi connectivity index (χ0n) is 18.7. The van der Waals surface area contributed by atoms with Crippen LogP contribution in [0.3, 0.4) is 0 Å². The van der Waals surface area contributed by atoms with Crippen molar-refractivity contribution in [3.63, 3.8) is 0 Å². The minimum Gasteiger partial charge on any atom is -0.394 e. The molecule has 4 nitrogen and oxygen atoms in total. The molecule has 0 aliphatic heterocycles. The second-order valence-corrected chi connectivity index (χ2v) is 8.41. The molecule has 1 aromatic heterocycles. The Kier molecular flexibility index (Phi) is 6.23. The summed E-state index contributed by atoms with van der Waals surface area (Å²) < 4.78 is 0. The number of nitrogens with one attached hydrogen (secondary N) is 2. The van der Waals surface area contributed by atoms with E-state index >= 15 is 0 Å². The molecule has 168 valence electrons. The summed E-state index contributed by atoms with van der Waals surface area (Å²) in [7, 11) is 0. The molecule has 4 heteroatoms. The molecule has 5 rings (SSSR count). The molecule has 3 N–H and O–H groups in total. The molecular formula is C30H26N2O2. The fourth-order valence-corrected chi connectivity index (χ4v) is 4.43. The summed E-state index contributed by atoms with van der Waals surface area (Å²) in [5.41, 5.74) is 6.98. The van der Waals surface area contributed by atoms with Crippen molar-refractivity contribution in [2.45, 2.75) is 12.5 Å². The molecule has 0 aliphatic carbocycles. The van der Waals surface area contributed by atoms with Gasteiger partial charge in [0.25, 0.3) is 5.91 Å². The quantitative estimate of drug-likeness (QED) is 0.294. The maximum Gasteiger partial charge on any atom is 0.251 e. The number of aromatic amines is 1. The first-order valence-electron chi connectivity index (χ1n) is 11.4. The van der Waals surface area contributed by atoms with Gasteiger partial charge in [0.1, 0.15) is 0 Å². The van der Waals surface area contributed by atoms with Gasteiger partial charge in [0.2, 0.25) is 0 Å². The lowest BCUT2D eigenvalue weighted by molar-refractivity contribution is 0.0916. The number of carbonyl (C=O) groups excluding carboxylic acids is 1. The van der Waals surface area contributed by atoms with Crippen LogP contribution in [0.25, 0.3) is 33.2 Å². The van der Waals surface area contributed by atoms with Gasteiger partial charge in [-0.15, -0.1) is 0 Å². The van der Waals surface area contributed by atoms with Gasteiger partial charge in [0.05, 0.1) is 12.6 Å². The molecule has 4 aromatic carbocycles. The third-order valence-electron chi connectivity index (χ3n) is 6.14. The number of para-hydroxylation sites is 1. The molecule has 1 heterocycles. The third kappa shape index (κ3) is 4.49. The monoisotopic (exact) mass is 446 g/mol. The molecule has 1 unspecified atom stereocenters. The zero-order chi connectivity index (χ0) is 23.3. The minimum absolute atomic E-state index is 0.137. The predicted octanol–water partition coefficient (Wildman–Crippen LogP) is 5.84. The summed E-state index contributed by atoms with van der Waals surface area (Å²) in [6, 6.07) is 33.8. The van der Waals surface area contributed by atoms with Crippen LogP contribution in [-0.2, 0) is 6.42 Å². The van der Waals surface area contributed by atoms with E-state index in [9.17, 15) is 9.90 Å². The Bertz CT molecular complexity index is 1420. The Morgan fingerprint density at radius 3 is 2.26 bits per heavy atom. The molecule has 0 aliphatic rings. The van der Waals surface area contributed by atoms with Crippen molar-refractivity contribution in [3.05, 3.63) is 120 Å². The summed E-state index contributed by atoms with van der Waals surface area (Å²) in [5.74, 6) is -0.196. The van der Waals surface area contributed by atoms with Crippen molar-refractivity contribution >= 4 is 16.8 Å². The second-order valence-electron chi connectivity index (χ2n) is 8.41. The van der Waals surface area contributed by atoms with E-state index in [0.29, 0.717) is 12.0 Å². The Hall–Kier alpha value is -4.15. The largest absolute Gasteiger partial charge is 0.394 e. The summed E-state index contributed by atoms with van der Waals surface area (Å²) in [4.78, 5) is 16.4. The maximum absolute atomic E-state index is 13.1. The Balaban J connectivity index is 1.38. The number of hydrogen-bond acceptors (Lipinski definition) is 2. The van der Waals surface area contributed by atoms with Gasteiger partial charge in [-0.25, -0.2) is 0 Å². The van der Waals surface area contributed by atoms with Gasteiger partial charge in [-0.1, -0.05) is 84.9 Å². The molecule has 0 saturated carbocycles. The normalized spacial score (nSPS) is 11.9. The molecule has 0 spiro atoms. The van der Waals surface area contributed by atoms with Crippen LogP contribution >= 0.6 is 0 Å². The van der Waals surface area contributed by atoms with Crippen molar-refractivity contribution in [1.29, 1.82) is 0 Å². The minimum atomic E-state index is -0.382. The topological polar surface area (TPSA) is 65.1 Å². The first kappa shape index (κ1) is 21.7. The van der Waals surface area contributed by atoms with Crippen molar-refractivity contribution in [3.8, 4) is 22.3 Å². The van der Waals surface area contributed by atoms with Crippen LogP contribution in [0.4, 0.5) is 0 Å². The highest BCUT2D eigenvalue weighted by molar-refractivity contribution is 5.96. The standard InChI is InChI=1S/C30H26N2O2/c33-20-25(18-24-19-31-29-16-7-6-15-28(24)29)32-30(34)23-12-8-11-22(17-23)27-14-5-4-13-26(27)21-9-2-1-3-10-21/h1-17,19,25,31,33H,18,20H2,(H,32,34). The Morgan fingerprint density at radius 2 is 1.47 bits per heavy atom. The number of amides is 1. The van der Waals surface area contributed by atoms with Crippen molar-refractivity contribution in [2.24, 2.45) is 0 Å². The number of H-pyrrole nitrogens is 1. The van der Waals surface area contributed by atoms with Crippen LogP contribution in [0.15, 0.2) is 109 Å². The average Bonchev–Trinajstić information content (AvgIpc) is 3.31. The van der Waals surface area contributed by atoms with Crippen LogP contribution in [0.1, 0.15) is 15.9 Å². The van der Waals surface area contributed by atoms with E-state index < -0.39 is 0 Å². The van der Waals surface area contributed by atoms with Gasteiger partial charge >= 0.3 is 0 Å². The van der Waals surface area contributed by atoms with E-state index in [-0.39, 0.29) is 18.6 Å². The van der Waals surface area contributed by atoms with Crippen LogP contribution in [0.2, 0.25) is 0 Å². The number of rotatable bonds is 7. The Labute approximate surface area is 198 Å². The molecular weight excluding hydrogens is 420 g/mol. The van der Waals surface area contributed by atoms with E-state index in [0.717, 1.165) is 38.7 Å². The summed E-state index contributed by atoms with van der Waals surface area (Å²) >= 11 is 0. The third-order valence-corrected chi connectivity index (χ3v) is 6.14. The molecule has 5 aromatic rings. The number of fused-ring (bicyclic) bond motifs is 1. The molecule has 0 bridgehead atoms. The smallest absolute Gasteiger partial charge is 0.251 e. The first-order valence-corrected chi connectivity index (χ1v) is 11.4. The molecule has 0 saturated heterocycles. The van der Waals surface area contributed by atoms with Gasteiger partial charge < -0.3 is 15.4 Å². The summed E-state index contributed by atoms with van der Waals surface area (Å²) in [6.45, 7) is -0.137.